The van der Waals surface area contributed by atoms with Crippen molar-refractivity contribution in [2.24, 2.45) is 11.0 Å². The van der Waals surface area contributed by atoms with E-state index in [9.17, 15) is 9.59 Å². The largest absolute Gasteiger partial charge is 0.466 e. The summed E-state index contributed by atoms with van der Waals surface area (Å²) in [6.45, 7) is 10.2. The molecule has 2 aromatic carbocycles. The molecule has 176 valence electrons. The molecule has 6 nitrogen and oxygen atoms in total. The van der Waals surface area contributed by atoms with Crippen LogP contribution in [0.15, 0.2) is 59.7 Å². The molecule has 0 bridgehead atoms. The average molecular weight is 451 g/mol. The topological polar surface area (TPSA) is 68.2 Å². The van der Waals surface area contributed by atoms with Gasteiger partial charge in [-0.2, -0.15) is 0 Å². The maximum absolute atomic E-state index is 13.0. The molecule has 0 radical (unpaired) electrons. The Morgan fingerprint density at radius 1 is 1.12 bits per heavy atom. The Labute approximate surface area is 196 Å². The summed E-state index contributed by atoms with van der Waals surface area (Å²) in [5.41, 5.74) is 2.15. The number of esters is 1. The van der Waals surface area contributed by atoms with Gasteiger partial charge in [0.15, 0.2) is 6.61 Å². The highest BCUT2D eigenvalue weighted by molar-refractivity contribution is 5.97. The summed E-state index contributed by atoms with van der Waals surface area (Å²) in [6.07, 6.45) is 1.93. The van der Waals surface area contributed by atoms with Crippen LogP contribution in [0.25, 0.3) is 0 Å². The molecule has 0 saturated heterocycles. The Bertz CT molecular complexity index is 977. The van der Waals surface area contributed by atoms with E-state index < -0.39 is 5.60 Å². The smallest absolute Gasteiger partial charge is 0.314 e. The number of benzene rings is 2. The van der Waals surface area contributed by atoms with Gasteiger partial charge in [0.05, 0.1) is 12.5 Å². The van der Waals surface area contributed by atoms with Crippen molar-refractivity contribution in [1.29, 1.82) is 0 Å². The monoisotopic (exact) mass is 450 g/mol. The lowest BCUT2D eigenvalue weighted by Crippen LogP contribution is -2.36. The predicted molar refractivity (Wildman–Crippen MR) is 129 cm³/mol. The van der Waals surface area contributed by atoms with Gasteiger partial charge in [0.1, 0.15) is 5.60 Å². The molecule has 2 atom stereocenters. The highest BCUT2D eigenvalue weighted by Crippen LogP contribution is 2.31. The van der Waals surface area contributed by atoms with E-state index in [4.69, 9.17) is 9.47 Å². The van der Waals surface area contributed by atoms with Gasteiger partial charge in [-0.15, -0.1) is 5.10 Å². The lowest BCUT2D eigenvalue weighted by molar-refractivity contribution is -0.158. The second-order valence-electron chi connectivity index (χ2n) is 9.53. The van der Waals surface area contributed by atoms with Gasteiger partial charge in [0, 0.05) is 5.56 Å². The molecule has 2 unspecified atom stereocenters. The number of hydrogen-bond donors (Lipinski definition) is 0. The zero-order valence-electron chi connectivity index (χ0n) is 20.2. The highest BCUT2D eigenvalue weighted by atomic mass is 16.6. The standard InChI is InChI=1S/C27H34N2O4/c1-6-10-19(2)24(26(31)33-27(3,4)5)21-15-13-20(14-16-21)17-29-23(30)18-32-25(28-29)22-11-8-7-9-12-22/h7-9,11-16,19,24H,6,10,17-18H2,1-5H3. The number of hydrogen-bond acceptors (Lipinski definition) is 5. The van der Waals surface area contributed by atoms with Crippen molar-refractivity contribution in [2.45, 2.75) is 65.5 Å². The minimum Gasteiger partial charge on any atom is -0.466 e. The Morgan fingerprint density at radius 2 is 1.79 bits per heavy atom. The molecule has 3 rings (SSSR count). The van der Waals surface area contributed by atoms with E-state index in [1.165, 1.54) is 5.01 Å². The van der Waals surface area contributed by atoms with Crippen LogP contribution in [-0.4, -0.2) is 35.0 Å². The van der Waals surface area contributed by atoms with Gasteiger partial charge in [0.2, 0.25) is 5.90 Å². The van der Waals surface area contributed by atoms with Crippen molar-refractivity contribution >= 4 is 17.8 Å². The predicted octanol–water partition coefficient (Wildman–Crippen LogP) is 5.27. The fraction of sp³-hybridized carbons (Fsp3) is 0.444. The maximum atomic E-state index is 13.0. The van der Waals surface area contributed by atoms with Crippen LogP contribution in [-0.2, 0) is 25.6 Å². The second-order valence-corrected chi connectivity index (χ2v) is 9.53. The molecule has 1 heterocycles. The summed E-state index contributed by atoms with van der Waals surface area (Å²) in [5.74, 6) is -0.121. The molecule has 6 heteroatoms. The second kappa shape index (κ2) is 10.6. The molecule has 0 saturated carbocycles. The molecule has 1 aliphatic rings. The summed E-state index contributed by atoms with van der Waals surface area (Å²) in [7, 11) is 0. The Hall–Kier alpha value is -3.15. The molecule has 33 heavy (non-hydrogen) atoms. The van der Waals surface area contributed by atoms with Gasteiger partial charge in [0.25, 0.3) is 5.91 Å². The van der Waals surface area contributed by atoms with Gasteiger partial charge in [-0.25, -0.2) is 5.01 Å². The van der Waals surface area contributed by atoms with E-state index in [1.54, 1.807) is 0 Å². The fourth-order valence-electron chi connectivity index (χ4n) is 3.93. The van der Waals surface area contributed by atoms with E-state index in [0.29, 0.717) is 12.4 Å². The van der Waals surface area contributed by atoms with Crippen molar-refractivity contribution in [2.75, 3.05) is 6.61 Å². The Balaban J connectivity index is 1.78. The van der Waals surface area contributed by atoms with Crippen LogP contribution in [0, 0.1) is 5.92 Å². The first-order chi connectivity index (χ1) is 15.7. The number of amides is 1. The van der Waals surface area contributed by atoms with Crippen LogP contribution in [0.4, 0.5) is 0 Å². The number of carbonyl (C=O) groups excluding carboxylic acids is 2. The number of hydrazone groups is 1. The number of carbonyl (C=O) groups is 2. The summed E-state index contributed by atoms with van der Waals surface area (Å²) in [4.78, 5) is 25.4. The summed E-state index contributed by atoms with van der Waals surface area (Å²) in [6, 6.07) is 17.3. The minimum atomic E-state index is -0.535. The van der Waals surface area contributed by atoms with Gasteiger partial charge >= 0.3 is 5.97 Å². The van der Waals surface area contributed by atoms with Crippen molar-refractivity contribution in [3.05, 3.63) is 71.3 Å². The molecule has 1 amide bonds. The quantitative estimate of drug-likeness (QED) is 0.514. The van der Waals surface area contributed by atoms with Crippen molar-refractivity contribution in [1.82, 2.24) is 5.01 Å². The van der Waals surface area contributed by atoms with Crippen LogP contribution in [0.1, 0.15) is 70.1 Å². The fourth-order valence-corrected chi connectivity index (χ4v) is 3.93. The molecule has 0 fully saturated rings. The summed E-state index contributed by atoms with van der Waals surface area (Å²) < 4.78 is 11.2. The molecule has 0 spiro atoms. The van der Waals surface area contributed by atoms with Crippen LogP contribution in [0.2, 0.25) is 0 Å². The first-order valence-electron chi connectivity index (χ1n) is 11.6. The molecular formula is C27H34N2O4. The van der Waals surface area contributed by atoms with Gasteiger partial charge in [-0.1, -0.05) is 62.7 Å². The van der Waals surface area contributed by atoms with Crippen LogP contribution >= 0.6 is 0 Å². The zero-order chi connectivity index (χ0) is 24.0. The molecule has 0 N–H and O–H groups in total. The van der Waals surface area contributed by atoms with Crippen molar-refractivity contribution in [3.63, 3.8) is 0 Å². The number of rotatable bonds is 8. The van der Waals surface area contributed by atoms with Crippen molar-refractivity contribution in [3.8, 4) is 0 Å². The highest BCUT2D eigenvalue weighted by Gasteiger charge is 2.31. The van der Waals surface area contributed by atoms with Crippen molar-refractivity contribution < 1.29 is 19.1 Å². The third-order valence-corrected chi connectivity index (χ3v) is 5.50. The van der Waals surface area contributed by atoms with Gasteiger partial charge < -0.3 is 9.47 Å². The molecular weight excluding hydrogens is 416 g/mol. The lowest BCUT2D eigenvalue weighted by atomic mass is 9.84. The lowest BCUT2D eigenvalue weighted by Gasteiger charge is -2.28. The van der Waals surface area contributed by atoms with E-state index in [-0.39, 0.29) is 30.3 Å². The molecule has 1 aliphatic heterocycles. The summed E-state index contributed by atoms with van der Waals surface area (Å²) >= 11 is 0. The third-order valence-electron chi connectivity index (χ3n) is 5.50. The van der Waals surface area contributed by atoms with Gasteiger partial charge in [-0.3, -0.25) is 9.59 Å². The van der Waals surface area contributed by atoms with E-state index in [0.717, 1.165) is 29.5 Å². The van der Waals surface area contributed by atoms with E-state index in [2.05, 4.69) is 18.9 Å². The van der Waals surface area contributed by atoms with Crippen LogP contribution in [0.5, 0.6) is 0 Å². The van der Waals surface area contributed by atoms with Crippen LogP contribution < -0.4 is 0 Å². The van der Waals surface area contributed by atoms with E-state index >= 15 is 0 Å². The number of ether oxygens (including phenoxy) is 2. The maximum Gasteiger partial charge on any atom is 0.314 e. The van der Waals surface area contributed by atoms with Gasteiger partial charge in [-0.05, 0) is 56.4 Å². The Kier molecular flexibility index (Phi) is 7.90. The third kappa shape index (κ3) is 6.67. The molecule has 0 aromatic heterocycles. The summed E-state index contributed by atoms with van der Waals surface area (Å²) in [5, 5.41) is 5.85. The Morgan fingerprint density at radius 3 is 2.39 bits per heavy atom. The SMILES string of the molecule is CCCC(C)C(C(=O)OC(C)(C)C)c1ccc(CN2N=C(c3ccccc3)OCC2=O)cc1. The first-order valence-corrected chi connectivity index (χ1v) is 11.6. The number of nitrogens with zero attached hydrogens (tertiary/aromatic N) is 2. The normalized spacial score (nSPS) is 16.0. The average Bonchev–Trinajstić information content (AvgIpc) is 2.76. The van der Waals surface area contributed by atoms with Crippen LogP contribution in [0.3, 0.4) is 0 Å². The first kappa shape index (κ1) is 24.5. The zero-order valence-corrected chi connectivity index (χ0v) is 20.2. The molecule has 2 aromatic rings. The molecule has 0 aliphatic carbocycles. The minimum absolute atomic E-state index is 0.0406. The van der Waals surface area contributed by atoms with E-state index in [1.807, 2.05) is 75.4 Å².